The average Bonchev–Trinajstić information content (AvgIpc) is 2.46. The summed E-state index contributed by atoms with van der Waals surface area (Å²) in [6, 6.07) is 7.08. The SMILES string of the molecule is O=C(CCc1ccc(Cl)cc1)N1CCC(O)(C(F)(F)F)CC1. The largest absolute Gasteiger partial charge is 0.417 e. The number of piperidine rings is 1. The summed E-state index contributed by atoms with van der Waals surface area (Å²) in [6.07, 6.45) is -4.85. The van der Waals surface area contributed by atoms with Crippen LogP contribution in [-0.4, -0.2) is 40.8 Å². The lowest BCUT2D eigenvalue weighted by atomic mass is 9.90. The maximum atomic E-state index is 12.7. The lowest BCUT2D eigenvalue weighted by Crippen LogP contribution is -2.54. The predicted octanol–water partition coefficient (Wildman–Crippen LogP) is 3.19. The fourth-order valence-corrected chi connectivity index (χ4v) is 2.60. The lowest BCUT2D eigenvalue weighted by Gasteiger charge is -2.39. The topological polar surface area (TPSA) is 40.5 Å². The fourth-order valence-electron chi connectivity index (χ4n) is 2.47. The third-order valence-electron chi connectivity index (χ3n) is 4.01. The van der Waals surface area contributed by atoms with Gasteiger partial charge in [0.15, 0.2) is 5.60 Å². The van der Waals surface area contributed by atoms with E-state index in [1.54, 1.807) is 12.1 Å². The summed E-state index contributed by atoms with van der Waals surface area (Å²) in [5, 5.41) is 10.2. The Morgan fingerprint density at radius 1 is 1.23 bits per heavy atom. The molecule has 1 N–H and O–H groups in total. The van der Waals surface area contributed by atoms with Crippen LogP contribution in [0.2, 0.25) is 5.02 Å². The summed E-state index contributed by atoms with van der Waals surface area (Å²) < 4.78 is 38.1. The number of alkyl halides is 3. The van der Waals surface area contributed by atoms with E-state index >= 15 is 0 Å². The standard InChI is InChI=1S/C15H17ClF3NO2/c16-12-4-1-11(2-5-12)3-6-13(21)20-9-7-14(22,8-10-20)15(17,18)19/h1-2,4-5,22H,3,6-10H2. The summed E-state index contributed by atoms with van der Waals surface area (Å²) in [7, 11) is 0. The molecule has 2 rings (SSSR count). The molecule has 1 heterocycles. The highest BCUT2D eigenvalue weighted by Gasteiger charge is 2.54. The lowest BCUT2D eigenvalue weighted by molar-refractivity contribution is -0.272. The molecule has 0 bridgehead atoms. The molecule has 0 atom stereocenters. The molecule has 122 valence electrons. The van der Waals surface area contributed by atoms with Gasteiger partial charge < -0.3 is 10.0 Å². The zero-order valence-electron chi connectivity index (χ0n) is 11.9. The van der Waals surface area contributed by atoms with Crippen molar-refractivity contribution in [2.75, 3.05) is 13.1 Å². The molecule has 0 aromatic heterocycles. The molecule has 0 spiro atoms. The summed E-state index contributed by atoms with van der Waals surface area (Å²) >= 11 is 5.77. The number of carbonyl (C=O) groups excluding carboxylic acids is 1. The van der Waals surface area contributed by atoms with E-state index in [-0.39, 0.29) is 25.4 Å². The van der Waals surface area contributed by atoms with Crippen molar-refractivity contribution in [3.05, 3.63) is 34.9 Å². The molecule has 0 saturated carbocycles. The minimum absolute atomic E-state index is 0.0739. The Hall–Kier alpha value is -1.27. The number of rotatable bonds is 3. The van der Waals surface area contributed by atoms with Crippen molar-refractivity contribution < 1.29 is 23.1 Å². The van der Waals surface area contributed by atoms with Gasteiger partial charge in [0, 0.05) is 37.4 Å². The second-order valence-corrected chi connectivity index (χ2v) is 5.97. The molecule has 1 aromatic rings. The zero-order valence-corrected chi connectivity index (χ0v) is 12.6. The Morgan fingerprint density at radius 2 is 1.77 bits per heavy atom. The molecule has 3 nitrogen and oxygen atoms in total. The van der Waals surface area contributed by atoms with Gasteiger partial charge in [-0.2, -0.15) is 13.2 Å². The van der Waals surface area contributed by atoms with E-state index in [0.29, 0.717) is 11.4 Å². The van der Waals surface area contributed by atoms with Gasteiger partial charge in [-0.1, -0.05) is 23.7 Å². The first-order chi connectivity index (χ1) is 10.2. The van der Waals surface area contributed by atoms with Crippen LogP contribution in [-0.2, 0) is 11.2 Å². The Bertz CT molecular complexity index is 523. The molecular weight excluding hydrogens is 319 g/mol. The van der Waals surface area contributed by atoms with Crippen LogP contribution >= 0.6 is 11.6 Å². The number of amides is 1. The quantitative estimate of drug-likeness (QED) is 0.921. The van der Waals surface area contributed by atoms with Gasteiger partial charge in [0.2, 0.25) is 5.91 Å². The normalized spacial score (nSPS) is 18.3. The minimum Gasteiger partial charge on any atom is -0.380 e. The van der Waals surface area contributed by atoms with Crippen LogP contribution in [0.3, 0.4) is 0 Å². The molecule has 1 aliphatic rings. The number of halogens is 4. The van der Waals surface area contributed by atoms with Crippen molar-refractivity contribution in [1.82, 2.24) is 4.90 Å². The molecule has 0 aliphatic carbocycles. The molecule has 1 aliphatic heterocycles. The maximum absolute atomic E-state index is 12.7. The van der Waals surface area contributed by atoms with Crippen molar-refractivity contribution in [3.8, 4) is 0 Å². The van der Waals surface area contributed by atoms with Crippen molar-refractivity contribution in [2.45, 2.75) is 37.5 Å². The minimum atomic E-state index is -4.65. The summed E-state index contributed by atoms with van der Waals surface area (Å²) in [4.78, 5) is 13.4. The predicted molar refractivity (Wildman–Crippen MR) is 76.6 cm³/mol. The molecule has 1 amide bonds. The number of carbonyl (C=O) groups is 1. The van der Waals surface area contributed by atoms with Crippen LogP contribution in [0.4, 0.5) is 13.2 Å². The number of hydrogen-bond donors (Lipinski definition) is 1. The van der Waals surface area contributed by atoms with E-state index < -0.39 is 24.6 Å². The van der Waals surface area contributed by atoms with E-state index in [1.807, 2.05) is 12.1 Å². The Labute approximate surface area is 131 Å². The second kappa shape index (κ2) is 6.46. The fraction of sp³-hybridized carbons (Fsp3) is 0.533. The van der Waals surface area contributed by atoms with Gasteiger partial charge in [0.25, 0.3) is 0 Å². The van der Waals surface area contributed by atoms with Crippen molar-refractivity contribution >= 4 is 17.5 Å². The molecule has 7 heteroatoms. The van der Waals surface area contributed by atoms with E-state index in [0.717, 1.165) is 5.56 Å². The smallest absolute Gasteiger partial charge is 0.380 e. The van der Waals surface area contributed by atoms with Gasteiger partial charge in [0.1, 0.15) is 0 Å². The molecule has 22 heavy (non-hydrogen) atoms. The van der Waals surface area contributed by atoms with E-state index in [4.69, 9.17) is 11.6 Å². The number of aliphatic hydroxyl groups is 1. The molecule has 0 unspecified atom stereocenters. The molecule has 1 fully saturated rings. The second-order valence-electron chi connectivity index (χ2n) is 5.54. The number of benzene rings is 1. The van der Waals surface area contributed by atoms with E-state index in [2.05, 4.69) is 0 Å². The van der Waals surface area contributed by atoms with Crippen LogP contribution < -0.4 is 0 Å². The third kappa shape index (κ3) is 3.93. The summed E-state index contributed by atoms with van der Waals surface area (Å²) in [6.45, 7) is -0.148. The van der Waals surface area contributed by atoms with Gasteiger partial charge in [-0.3, -0.25) is 4.79 Å². The van der Waals surface area contributed by atoms with Crippen LogP contribution in [0.1, 0.15) is 24.8 Å². The summed E-state index contributed by atoms with van der Waals surface area (Å²) in [5.74, 6) is -0.195. The van der Waals surface area contributed by atoms with Crippen LogP contribution in [0, 0.1) is 0 Å². The first-order valence-corrected chi connectivity index (χ1v) is 7.40. The van der Waals surface area contributed by atoms with Gasteiger partial charge in [-0.25, -0.2) is 0 Å². The van der Waals surface area contributed by atoms with Gasteiger partial charge in [-0.15, -0.1) is 0 Å². The van der Waals surface area contributed by atoms with Crippen molar-refractivity contribution in [3.63, 3.8) is 0 Å². The maximum Gasteiger partial charge on any atom is 0.417 e. The van der Waals surface area contributed by atoms with Gasteiger partial charge in [-0.05, 0) is 24.1 Å². The monoisotopic (exact) mass is 335 g/mol. The number of likely N-dealkylation sites (tertiary alicyclic amines) is 1. The van der Waals surface area contributed by atoms with Crippen LogP contribution in [0.5, 0.6) is 0 Å². The van der Waals surface area contributed by atoms with Crippen molar-refractivity contribution in [1.29, 1.82) is 0 Å². The van der Waals surface area contributed by atoms with Crippen molar-refractivity contribution in [2.24, 2.45) is 0 Å². The highest BCUT2D eigenvalue weighted by atomic mass is 35.5. The number of hydrogen-bond acceptors (Lipinski definition) is 2. The molecular formula is C15H17ClF3NO2. The van der Waals surface area contributed by atoms with Gasteiger partial charge in [0.05, 0.1) is 0 Å². The van der Waals surface area contributed by atoms with Crippen LogP contribution in [0.25, 0.3) is 0 Å². The van der Waals surface area contributed by atoms with Gasteiger partial charge >= 0.3 is 6.18 Å². The average molecular weight is 336 g/mol. The van der Waals surface area contributed by atoms with E-state index in [1.165, 1.54) is 4.90 Å². The molecule has 1 saturated heterocycles. The zero-order chi connectivity index (χ0) is 16.4. The summed E-state index contributed by atoms with van der Waals surface area (Å²) in [5.41, 5.74) is -1.72. The Balaban J connectivity index is 1.84. The molecule has 0 radical (unpaired) electrons. The molecule has 1 aromatic carbocycles. The van der Waals surface area contributed by atoms with Crippen LogP contribution in [0.15, 0.2) is 24.3 Å². The highest BCUT2D eigenvalue weighted by molar-refractivity contribution is 6.30. The number of nitrogens with zero attached hydrogens (tertiary/aromatic N) is 1. The first kappa shape index (κ1) is 17.1. The third-order valence-corrected chi connectivity index (χ3v) is 4.26. The Kier molecular flexibility index (Phi) is 5.02. The highest BCUT2D eigenvalue weighted by Crippen LogP contribution is 2.38. The van der Waals surface area contributed by atoms with E-state index in [9.17, 15) is 23.1 Å². The number of aryl methyl sites for hydroxylation is 1. The Morgan fingerprint density at radius 3 is 2.27 bits per heavy atom. The first-order valence-electron chi connectivity index (χ1n) is 7.03.